The summed E-state index contributed by atoms with van der Waals surface area (Å²) >= 11 is 0. The summed E-state index contributed by atoms with van der Waals surface area (Å²) in [6, 6.07) is 0.414. The highest BCUT2D eigenvalue weighted by Gasteiger charge is 2.16. The molecule has 2 heterocycles. The van der Waals surface area contributed by atoms with E-state index in [0.717, 1.165) is 18.8 Å². The minimum Gasteiger partial charge on any atom is -0.332 e. The minimum atomic E-state index is 0.414. The van der Waals surface area contributed by atoms with Crippen LogP contribution in [-0.4, -0.2) is 16.1 Å². The van der Waals surface area contributed by atoms with E-state index in [2.05, 4.69) is 28.0 Å². The highest BCUT2D eigenvalue weighted by atomic mass is 15.2. The molecule has 0 bridgehead atoms. The van der Waals surface area contributed by atoms with Gasteiger partial charge in [0.1, 0.15) is 5.82 Å². The van der Waals surface area contributed by atoms with Crippen LogP contribution in [0.4, 0.5) is 0 Å². The molecule has 3 nitrogen and oxygen atoms in total. The van der Waals surface area contributed by atoms with E-state index in [9.17, 15) is 0 Å². The number of aromatic nitrogens is 2. The molecule has 0 aromatic carbocycles. The van der Waals surface area contributed by atoms with Crippen LogP contribution in [0.15, 0.2) is 6.20 Å². The fourth-order valence-corrected chi connectivity index (χ4v) is 1.58. The lowest BCUT2D eigenvalue weighted by molar-refractivity contribution is 0.437. The number of fused-ring (bicyclic) bond motifs is 1. The molecule has 0 spiro atoms. The maximum absolute atomic E-state index is 4.43. The van der Waals surface area contributed by atoms with Crippen molar-refractivity contribution in [2.24, 2.45) is 0 Å². The van der Waals surface area contributed by atoms with Gasteiger partial charge in [0.25, 0.3) is 0 Å². The van der Waals surface area contributed by atoms with Crippen LogP contribution in [0.1, 0.15) is 38.3 Å². The van der Waals surface area contributed by atoms with E-state index in [1.807, 2.05) is 20.8 Å². The molecule has 0 aliphatic carbocycles. The molecular formula is C10H19N3. The van der Waals surface area contributed by atoms with E-state index < -0.39 is 0 Å². The molecule has 0 saturated carbocycles. The Morgan fingerprint density at radius 2 is 2.23 bits per heavy atom. The van der Waals surface area contributed by atoms with Crippen LogP contribution < -0.4 is 5.32 Å². The first-order valence-corrected chi connectivity index (χ1v) is 5.04. The van der Waals surface area contributed by atoms with Gasteiger partial charge in [-0.3, -0.25) is 0 Å². The molecule has 0 amide bonds. The second kappa shape index (κ2) is 4.42. The monoisotopic (exact) mass is 181 g/mol. The summed E-state index contributed by atoms with van der Waals surface area (Å²) in [5.41, 5.74) is 1.12. The molecule has 1 atom stereocenters. The number of nitrogens with zero attached hydrogens (tertiary/aromatic N) is 2. The molecule has 1 unspecified atom stereocenters. The van der Waals surface area contributed by atoms with Crippen molar-refractivity contribution in [2.45, 2.75) is 40.3 Å². The number of hydrogen-bond donors (Lipinski definition) is 1. The Morgan fingerprint density at radius 1 is 1.54 bits per heavy atom. The van der Waals surface area contributed by atoms with Gasteiger partial charge in [-0.1, -0.05) is 13.8 Å². The molecule has 3 heteroatoms. The van der Waals surface area contributed by atoms with Gasteiger partial charge in [0.2, 0.25) is 0 Å². The van der Waals surface area contributed by atoms with E-state index in [1.54, 1.807) is 0 Å². The fourth-order valence-electron chi connectivity index (χ4n) is 1.58. The molecule has 1 aliphatic rings. The third kappa shape index (κ3) is 2.10. The van der Waals surface area contributed by atoms with Crippen LogP contribution in [0.3, 0.4) is 0 Å². The average Bonchev–Trinajstić information content (AvgIpc) is 2.51. The Morgan fingerprint density at radius 3 is 2.85 bits per heavy atom. The zero-order chi connectivity index (χ0) is 9.84. The zero-order valence-electron chi connectivity index (χ0n) is 8.96. The largest absolute Gasteiger partial charge is 0.332 e. The van der Waals surface area contributed by atoms with E-state index in [1.165, 1.54) is 5.82 Å². The van der Waals surface area contributed by atoms with Gasteiger partial charge in [-0.15, -0.1) is 0 Å². The Balaban J connectivity index is 0.000000396. The number of nitrogens with one attached hydrogen (secondary N) is 1. The average molecular weight is 181 g/mol. The van der Waals surface area contributed by atoms with Crippen LogP contribution in [0.5, 0.6) is 0 Å². The first-order chi connectivity index (χ1) is 6.27. The maximum atomic E-state index is 4.43. The summed E-state index contributed by atoms with van der Waals surface area (Å²) in [6.07, 6.45) is 2.12. The van der Waals surface area contributed by atoms with Gasteiger partial charge in [-0.25, -0.2) is 4.98 Å². The van der Waals surface area contributed by atoms with Crippen molar-refractivity contribution in [2.75, 3.05) is 6.54 Å². The van der Waals surface area contributed by atoms with Crippen LogP contribution in [0.25, 0.3) is 0 Å². The summed E-state index contributed by atoms with van der Waals surface area (Å²) in [5.74, 6) is 1.17. The third-order valence-electron chi connectivity index (χ3n) is 2.12. The summed E-state index contributed by atoms with van der Waals surface area (Å²) in [5, 5.41) is 3.37. The second-order valence-corrected chi connectivity index (χ2v) is 3.11. The van der Waals surface area contributed by atoms with Gasteiger partial charge in [-0.05, 0) is 13.8 Å². The van der Waals surface area contributed by atoms with Crippen LogP contribution >= 0.6 is 0 Å². The van der Waals surface area contributed by atoms with E-state index in [-0.39, 0.29) is 0 Å². The third-order valence-corrected chi connectivity index (χ3v) is 2.12. The molecule has 2 rings (SSSR count). The van der Waals surface area contributed by atoms with Crippen molar-refractivity contribution in [1.29, 1.82) is 0 Å². The number of imidazole rings is 1. The summed E-state index contributed by atoms with van der Waals surface area (Å²) in [6.45, 7) is 10.3. The molecule has 0 fully saturated rings. The summed E-state index contributed by atoms with van der Waals surface area (Å²) in [7, 11) is 0. The normalized spacial score (nSPS) is 20.2. The first-order valence-electron chi connectivity index (χ1n) is 5.04. The Labute approximate surface area is 80.2 Å². The van der Waals surface area contributed by atoms with E-state index >= 15 is 0 Å². The highest BCUT2D eigenvalue weighted by Crippen LogP contribution is 2.15. The molecule has 1 N–H and O–H groups in total. The minimum absolute atomic E-state index is 0.414. The molecule has 74 valence electrons. The molecular weight excluding hydrogens is 162 g/mol. The molecule has 1 aromatic rings. The Kier molecular flexibility index (Phi) is 3.48. The van der Waals surface area contributed by atoms with Crippen molar-refractivity contribution in [3.05, 3.63) is 17.7 Å². The smallest absolute Gasteiger partial charge is 0.125 e. The van der Waals surface area contributed by atoms with Gasteiger partial charge in [0.15, 0.2) is 0 Å². The number of hydrogen-bond acceptors (Lipinski definition) is 2. The predicted molar refractivity (Wildman–Crippen MR) is 54.7 cm³/mol. The van der Waals surface area contributed by atoms with Gasteiger partial charge in [-0.2, -0.15) is 0 Å². The Bertz CT molecular complexity index is 265. The SMILES string of the molecule is CC.Cc1cn2c(n1)C(C)NCC2. The Hall–Kier alpha value is -0.830. The van der Waals surface area contributed by atoms with Crippen molar-refractivity contribution >= 4 is 0 Å². The van der Waals surface area contributed by atoms with Crippen LogP contribution in [0, 0.1) is 6.92 Å². The standard InChI is InChI=1S/C8H13N3.C2H6/c1-6-5-11-4-3-9-7(2)8(11)10-6;1-2/h5,7,9H,3-4H2,1-2H3;1-2H3. The molecule has 0 radical (unpaired) electrons. The van der Waals surface area contributed by atoms with Crippen molar-refractivity contribution < 1.29 is 0 Å². The molecule has 1 aromatic heterocycles. The van der Waals surface area contributed by atoms with Gasteiger partial charge < -0.3 is 9.88 Å². The van der Waals surface area contributed by atoms with E-state index in [4.69, 9.17) is 0 Å². The van der Waals surface area contributed by atoms with Crippen molar-refractivity contribution in [1.82, 2.24) is 14.9 Å². The van der Waals surface area contributed by atoms with Crippen LogP contribution in [0.2, 0.25) is 0 Å². The van der Waals surface area contributed by atoms with Gasteiger partial charge in [0, 0.05) is 19.3 Å². The quantitative estimate of drug-likeness (QED) is 0.662. The lowest BCUT2D eigenvalue weighted by Gasteiger charge is -2.21. The fraction of sp³-hybridized carbons (Fsp3) is 0.700. The second-order valence-electron chi connectivity index (χ2n) is 3.11. The van der Waals surface area contributed by atoms with Crippen LogP contribution in [-0.2, 0) is 6.54 Å². The van der Waals surface area contributed by atoms with E-state index in [0.29, 0.717) is 6.04 Å². The van der Waals surface area contributed by atoms with Crippen molar-refractivity contribution in [3.63, 3.8) is 0 Å². The summed E-state index contributed by atoms with van der Waals surface area (Å²) in [4.78, 5) is 4.43. The molecule has 1 aliphatic heterocycles. The lowest BCUT2D eigenvalue weighted by atomic mass is 10.2. The van der Waals surface area contributed by atoms with Gasteiger partial charge >= 0.3 is 0 Å². The predicted octanol–water partition coefficient (Wildman–Crippen LogP) is 1.88. The van der Waals surface area contributed by atoms with Gasteiger partial charge in [0.05, 0.1) is 11.7 Å². The first kappa shape index (κ1) is 10.3. The molecule has 0 saturated heterocycles. The number of aryl methyl sites for hydroxylation is 1. The maximum Gasteiger partial charge on any atom is 0.125 e. The summed E-state index contributed by atoms with van der Waals surface area (Å²) < 4.78 is 2.23. The lowest BCUT2D eigenvalue weighted by Crippen LogP contribution is -2.31. The number of rotatable bonds is 0. The highest BCUT2D eigenvalue weighted by molar-refractivity contribution is 5.07. The zero-order valence-corrected chi connectivity index (χ0v) is 8.96. The molecule has 13 heavy (non-hydrogen) atoms. The topological polar surface area (TPSA) is 29.9 Å². The van der Waals surface area contributed by atoms with Crippen molar-refractivity contribution in [3.8, 4) is 0 Å².